The molecule has 1 rings (SSSR count). The molecule has 1 saturated carbocycles. The van der Waals surface area contributed by atoms with E-state index in [1.54, 1.807) is 0 Å². The number of rotatable bonds is 1. The van der Waals surface area contributed by atoms with Crippen molar-refractivity contribution >= 4 is 0 Å². The van der Waals surface area contributed by atoms with Gasteiger partial charge >= 0.3 is 0 Å². The molecule has 49 valence electrons. The molecule has 0 heterocycles. The van der Waals surface area contributed by atoms with Gasteiger partial charge in [-0.05, 0) is 38.0 Å². The van der Waals surface area contributed by atoms with E-state index in [0.29, 0.717) is 0 Å². The van der Waals surface area contributed by atoms with Gasteiger partial charge in [-0.15, -0.1) is 12.3 Å². The van der Waals surface area contributed by atoms with Crippen LogP contribution in [0.3, 0.4) is 0 Å². The Morgan fingerprint density at radius 2 is 2.11 bits per heavy atom. The summed E-state index contributed by atoms with van der Waals surface area (Å²) in [4.78, 5) is 0. The third-order valence-electron chi connectivity index (χ3n) is 1.96. The third-order valence-corrected chi connectivity index (χ3v) is 1.96. The predicted molar refractivity (Wildman–Crippen MR) is 39.7 cm³/mol. The smallest absolute Gasteiger partial charge is 0.0114 e. The molecule has 0 aromatic carbocycles. The summed E-state index contributed by atoms with van der Waals surface area (Å²) in [6, 6.07) is 0. The van der Waals surface area contributed by atoms with Gasteiger partial charge in [0.15, 0.2) is 0 Å². The predicted octanol–water partition coefficient (Wildman–Crippen LogP) is 2.40. The van der Waals surface area contributed by atoms with Crippen LogP contribution in [0.1, 0.15) is 32.1 Å². The van der Waals surface area contributed by atoms with Crippen LogP contribution < -0.4 is 0 Å². The van der Waals surface area contributed by atoms with Crippen molar-refractivity contribution in [2.24, 2.45) is 5.92 Å². The molecule has 1 aliphatic carbocycles. The average Bonchev–Trinajstić information content (AvgIpc) is 1.91. The molecule has 0 unspecified atom stereocenters. The van der Waals surface area contributed by atoms with Gasteiger partial charge < -0.3 is 0 Å². The van der Waals surface area contributed by atoms with Crippen molar-refractivity contribution in [2.45, 2.75) is 32.1 Å². The van der Waals surface area contributed by atoms with E-state index in [4.69, 9.17) is 6.42 Å². The summed E-state index contributed by atoms with van der Waals surface area (Å²) in [5, 5.41) is 0. The topological polar surface area (TPSA) is 0 Å². The van der Waals surface area contributed by atoms with Crippen molar-refractivity contribution in [3.05, 3.63) is 6.42 Å². The summed E-state index contributed by atoms with van der Waals surface area (Å²) in [5.41, 5.74) is 0. The van der Waals surface area contributed by atoms with Crippen LogP contribution >= 0.6 is 0 Å². The highest BCUT2D eigenvalue weighted by Gasteiger charge is 2.11. The molecule has 0 bridgehead atoms. The summed E-state index contributed by atoms with van der Waals surface area (Å²) >= 11 is 0. The van der Waals surface area contributed by atoms with E-state index in [1.807, 2.05) is 0 Å². The van der Waals surface area contributed by atoms with E-state index >= 15 is 0 Å². The van der Waals surface area contributed by atoms with Gasteiger partial charge in [0.05, 0.1) is 0 Å². The summed E-state index contributed by atoms with van der Waals surface area (Å²) in [7, 11) is 0. The van der Waals surface area contributed by atoms with Gasteiger partial charge in [-0.3, -0.25) is 0 Å². The first-order chi connectivity index (χ1) is 4.43. The van der Waals surface area contributed by atoms with Crippen molar-refractivity contribution in [2.75, 3.05) is 0 Å². The fourth-order valence-corrected chi connectivity index (χ4v) is 1.37. The maximum atomic E-state index is 5.20. The lowest BCUT2D eigenvalue weighted by molar-refractivity contribution is 0.414. The molecule has 1 aliphatic rings. The highest BCUT2D eigenvalue weighted by Crippen LogP contribution is 2.24. The van der Waals surface area contributed by atoms with Crippen molar-refractivity contribution in [1.82, 2.24) is 0 Å². The standard InChI is InChI=1S/C9H13/c1-2-6-9-7-4-3-5-8-9/h1,3,9H,4-8H2. The molecule has 9 heavy (non-hydrogen) atoms. The molecule has 0 aromatic rings. The summed E-state index contributed by atoms with van der Waals surface area (Å²) in [6.45, 7) is 0. The van der Waals surface area contributed by atoms with E-state index in [1.165, 1.54) is 25.7 Å². The highest BCUT2D eigenvalue weighted by molar-refractivity contribution is 4.89. The first-order valence-corrected chi connectivity index (χ1v) is 3.68. The van der Waals surface area contributed by atoms with Gasteiger partial charge in [0, 0.05) is 6.42 Å². The van der Waals surface area contributed by atoms with Crippen LogP contribution in [0.5, 0.6) is 0 Å². The van der Waals surface area contributed by atoms with Crippen LogP contribution in [0.4, 0.5) is 0 Å². The molecular formula is C9H13. The summed E-state index contributed by atoms with van der Waals surface area (Å²) < 4.78 is 0. The van der Waals surface area contributed by atoms with E-state index in [9.17, 15) is 0 Å². The maximum Gasteiger partial charge on any atom is 0.0114 e. The van der Waals surface area contributed by atoms with Gasteiger partial charge in [0.1, 0.15) is 0 Å². The van der Waals surface area contributed by atoms with Gasteiger partial charge in [-0.1, -0.05) is 0 Å². The Morgan fingerprint density at radius 3 is 2.67 bits per heavy atom. The molecule has 0 heteroatoms. The monoisotopic (exact) mass is 121 g/mol. The zero-order valence-electron chi connectivity index (χ0n) is 5.77. The SMILES string of the molecule is C#CCC1CC[CH]CC1. The minimum Gasteiger partial charge on any atom is -0.120 e. The number of hydrogen-bond donors (Lipinski definition) is 0. The van der Waals surface area contributed by atoms with E-state index in [0.717, 1.165) is 12.3 Å². The fraction of sp³-hybridized carbons (Fsp3) is 0.667. The number of terminal acetylenes is 1. The third kappa shape index (κ3) is 2.10. The summed E-state index contributed by atoms with van der Waals surface area (Å²) in [5.74, 6) is 3.56. The van der Waals surface area contributed by atoms with Crippen LogP contribution in [0.2, 0.25) is 0 Å². The second-order valence-corrected chi connectivity index (χ2v) is 2.72. The van der Waals surface area contributed by atoms with Gasteiger partial charge in [-0.25, -0.2) is 0 Å². The first-order valence-electron chi connectivity index (χ1n) is 3.68. The van der Waals surface area contributed by atoms with Crippen LogP contribution in [-0.2, 0) is 0 Å². The Balaban J connectivity index is 2.17. The highest BCUT2D eigenvalue weighted by atomic mass is 14.2. The van der Waals surface area contributed by atoms with Crippen molar-refractivity contribution in [3.8, 4) is 12.3 Å². The quantitative estimate of drug-likeness (QED) is 0.467. The van der Waals surface area contributed by atoms with E-state index < -0.39 is 0 Å². The van der Waals surface area contributed by atoms with Crippen LogP contribution in [0, 0.1) is 24.7 Å². The Kier molecular flexibility index (Phi) is 2.64. The Hall–Kier alpha value is -0.440. The van der Waals surface area contributed by atoms with Gasteiger partial charge in [-0.2, -0.15) is 0 Å². The molecular weight excluding hydrogens is 108 g/mol. The van der Waals surface area contributed by atoms with E-state index in [-0.39, 0.29) is 0 Å². The second-order valence-electron chi connectivity index (χ2n) is 2.72. The van der Waals surface area contributed by atoms with Crippen LogP contribution in [0.15, 0.2) is 0 Å². The van der Waals surface area contributed by atoms with Crippen molar-refractivity contribution in [3.63, 3.8) is 0 Å². The Bertz CT molecular complexity index is 102. The maximum absolute atomic E-state index is 5.20. The molecule has 0 spiro atoms. The molecule has 1 fully saturated rings. The summed E-state index contributed by atoms with van der Waals surface area (Å²) in [6.07, 6.45) is 13.8. The zero-order chi connectivity index (χ0) is 6.53. The van der Waals surface area contributed by atoms with Crippen LogP contribution in [0.25, 0.3) is 0 Å². The lowest BCUT2D eigenvalue weighted by atomic mass is 9.87. The fourth-order valence-electron chi connectivity index (χ4n) is 1.37. The molecule has 0 saturated heterocycles. The lowest BCUT2D eigenvalue weighted by Gasteiger charge is -2.18. The molecule has 0 N–H and O–H groups in total. The minimum atomic E-state index is 0.833. The Morgan fingerprint density at radius 1 is 1.44 bits per heavy atom. The Labute approximate surface area is 57.7 Å². The molecule has 0 nitrogen and oxygen atoms in total. The average molecular weight is 121 g/mol. The molecule has 0 amide bonds. The largest absolute Gasteiger partial charge is 0.120 e. The van der Waals surface area contributed by atoms with Crippen LogP contribution in [-0.4, -0.2) is 0 Å². The van der Waals surface area contributed by atoms with Gasteiger partial charge in [0.25, 0.3) is 0 Å². The van der Waals surface area contributed by atoms with Crippen molar-refractivity contribution in [1.29, 1.82) is 0 Å². The lowest BCUT2D eigenvalue weighted by Crippen LogP contribution is -2.04. The zero-order valence-corrected chi connectivity index (χ0v) is 5.77. The normalized spacial score (nSPS) is 21.2. The van der Waals surface area contributed by atoms with E-state index in [2.05, 4.69) is 12.3 Å². The van der Waals surface area contributed by atoms with Crippen molar-refractivity contribution < 1.29 is 0 Å². The number of hydrogen-bond acceptors (Lipinski definition) is 0. The molecule has 1 radical (unpaired) electrons. The van der Waals surface area contributed by atoms with Gasteiger partial charge in [0.2, 0.25) is 0 Å². The molecule has 0 atom stereocenters. The first kappa shape index (κ1) is 6.68. The second kappa shape index (κ2) is 3.56. The minimum absolute atomic E-state index is 0.833. The molecule has 0 aliphatic heterocycles. The molecule has 0 aromatic heterocycles.